The third-order valence-corrected chi connectivity index (χ3v) is 3.55. The Morgan fingerprint density at radius 3 is 2.90 bits per heavy atom. The molecule has 0 bridgehead atoms. The predicted octanol–water partition coefficient (Wildman–Crippen LogP) is 2.58. The highest BCUT2D eigenvalue weighted by Gasteiger charge is 2.23. The Kier molecular flexibility index (Phi) is 3.83. The first-order chi connectivity index (χ1) is 9.81. The highest BCUT2D eigenvalue weighted by molar-refractivity contribution is 5.48. The van der Waals surface area contributed by atoms with Gasteiger partial charge in [0.25, 0.3) is 0 Å². The second-order valence-electron chi connectivity index (χ2n) is 5.05. The van der Waals surface area contributed by atoms with Crippen molar-refractivity contribution in [2.45, 2.75) is 19.1 Å². The molecule has 1 unspecified atom stereocenters. The number of rotatable bonds is 4. The van der Waals surface area contributed by atoms with Crippen LogP contribution in [0.2, 0.25) is 0 Å². The summed E-state index contributed by atoms with van der Waals surface area (Å²) in [7, 11) is 0. The van der Waals surface area contributed by atoms with Gasteiger partial charge in [0.1, 0.15) is 5.75 Å². The van der Waals surface area contributed by atoms with E-state index in [1.807, 2.05) is 18.2 Å². The topological polar surface area (TPSA) is 45.6 Å². The summed E-state index contributed by atoms with van der Waals surface area (Å²) in [6, 6.07) is 12.0. The van der Waals surface area contributed by atoms with E-state index >= 15 is 0 Å². The summed E-state index contributed by atoms with van der Waals surface area (Å²) in [5.41, 5.74) is 2.15. The maximum atomic E-state index is 9.47. The van der Waals surface area contributed by atoms with Gasteiger partial charge in [0.15, 0.2) is 0 Å². The lowest BCUT2D eigenvalue weighted by atomic mass is 10.2. The molecule has 2 aromatic rings. The van der Waals surface area contributed by atoms with Gasteiger partial charge in [-0.1, -0.05) is 30.3 Å². The van der Waals surface area contributed by atoms with Gasteiger partial charge in [-0.05, 0) is 12.0 Å². The van der Waals surface area contributed by atoms with E-state index in [1.54, 1.807) is 12.3 Å². The molecule has 1 aromatic carbocycles. The van der Waals surface area contributed by atoms with Crippen molar-refractivity contribution in [1.82, 2.24) is 4.98 Å². The van der Waals surface area contributed by atoms with Crippen molar-refractivity contribution < 1.29 is 9.84 Å². The Morgan fingerprint density at radius 1 is 1.25 bits per heavy atom. The highest BCUT2D eigenvalue weighted by atomic mass is 16.5. The summed E-state index contributed by atoms with van der Waals surface area (Å²) in [6.45, 7) is 2.43. The minimum absolute atomic E-state index is 0.205. The molecule has 1 aliphatic rings. The molecule has 1 saturated heterocycles. The van der Waals surface area contributed by atoms with Crippen molar-refractivity contribution >= 4 is 5.69 Å². The van der Waals surface area contributed by atoms with E-state index in [-0.39, 0.29) is 11.9 Å². The van der Waals surface area contributed by atoms with Crippen LogP contribution in [0.25, 0.3) is 0 Å². The zero-order valence-electron chi connectivity index (χ0n) is 11.3. The average Bonchev–Trinajstić information content (AvgIpc) is 2.95. The van der Waals surface area contributed by atoms with Crippen LogP contribution in [-0.2, 0) is 11.3 Å². The standard InChI is InChI=1S/C16H18N2O2/c19-15-8-14(9-17-10-15)18-7-6-16(11-18)20-12-13-4-2-1-3-5-13/h1-5,8-10,16,19H,6-7,11-12H2. The zero-order chi connectivity index (χ0) is 13.8. The Balaban J connectivity index is 1.55. The zero-order valence-corrected chi connectivity index (χ0v) is 11.3. The molecular weight excluding hydrogens is 252 g/mol. The Labute approximate surface area is 118 Å². The molecule has 0 radical (unpaired) electrons. The maximum Gasteiger partial charge on any atom is 0.135 e. The van der Waals surface area contributed by atoms with Crippen molar-refractivity contribution in [3.05, 3.63) is 54.4 Å². The molecule has 4 heteroatoms. The molecule has 1 aromatic heterocycles. The van der Waals surface area contributed by atoms with E-state index in [2.05, 4.69) is 22.0 Å². The van der Waals surface area contributed by atoms with Crippen LogP contribution in [-0.4, -0.2) is 29.3 Å². The number of anilines is 1. The smallest absolute Gasteiger partial charge is 0.135 e. The minimum atomic E-state index is 0.205. The van der Waals surface area contributed by atoms with E-state index in [1.165, 1.54) is 11.8 Å². The van der Waals surface area contributed by atoms with Crippen LogP contribution < -0.4 is 4.90 Å². The molecule has 1 N–H and O–H groups in total. The molecule has 2 heterocycles. The first kappa shape index (κ1) is 12.9. The third kappa shape index (κ3) is 3.08. The van der Waals surface area contributed by atoms with Crippen LogP contribution in [0.15, 0.2) is 48.8 Å². The van der Waals surface area contributed by atoms with Crippen LogP contribution in [0.4, 0.5) is 5.69 Å². The number of hydrogen-bond acceptors (Lipinski definition) is 4. The fourth-order valence-electron chi connectivity index (χ4n) is 2.48. The van der Waals surface area contributed by atoms with Gasteiger partial charge in [0, 0.05) is 19.2 Å². The molecule has 1 atom stereocenters. The monoisotopic (exact) mass is 270 g/mol. The average molecular weight is 270 g/mol. The minimum Gasteiger partial charge on any atom is -0.506 e. The van der Waals surface area contributed by atoms with Gasteiger partial charge >= 0.3 is 0 Å². The van der Waals surface area contributed by atoms with Crippen LogP contribution >= 0.6 is 0 Å². The lowest BCUT2D eigenvalue weighted by Gasteiger charge is -2.18. The van der Waals surface area contributed by atoms with Crippen molar-refractivity contribution in [3.63, 3.8) is 0 Å². The number of ether oxygens (including phenoxy) is 1. The number of aromatic hydroxyl groups is 1. The summed E-state index contributed by atoms with van der Waals surface area (Å²) in [5.74, 6) is 0.205. The second kappa shape index (κ2) is 5.92. The third-order valence-electron chi connectivity index (χ3n) is 3.55. The molecule has 0 spiro atoms. The van der Waals surface area contributed by atoms with Gasteiger partial charge in [0.2, 0.25) is 0 Å². The van der Waals surface area contributed by atoms with E-state index in [0.717, 1.165) is 25.2 Å². The highest BCUT2D eigenvalue weighted by Crippen LogP contribution is 2.24. The van der Waals surface area contributed by atoms with Gasteiger partial charge < -0.3 is 14.7 Å². The van der Waals surface area contributed by atoms with E-state index < -0.39 is 0 Å². The number of aromatic nitrogens is 1. The van der Waals surface area contributed by atoms with Gasteiger partial charge in [-0.15, -0.1) is 0 Å². The van der Waals surface area contributed by atoms with Gasteiger partial charge in [-0.25, -0.2) is 0 Å². The van der Waals surface area contributed by atoms with Gasteiger partial charge in [0.05, 0.1) is 30.8 Å². The van der Waals surface area contributed by atoms with E-state index in [4.69, 9.17) is 4.74 Å². The molecular formula is C16H18N2O2. The first-order valence-corrected chi connectivity index (χ1v) is 6.86. The Morgan fingerprint density at radius 2 is 2.10 bits per heavy atom. The van der Waals surface area contributed by atoms with Crippen LogP contribution in [0.5, 0.6) is 5.75 Å². The molecule has 0 amide bonds. The SMILES string of the molecule is Oc1cncc(N2CCC(OCc3ccccc3)C2)c1. The molecule has 0 aliphatic carbocycles. The van der Waals surface area contributed by atoms with Crippen LogP contribution in [0.1, 0.15) is 12.0 Å². The lowest BCUT2D eigenvalue weighted by molar-refractivity contribution is 0.0553. The number of nitrogens with zero attached hydrogens (tertiary/aromatic N) is 2. The molecule has 20 heavy (non-hydrogen) atoms. The molecule has 104 valence electrons. The molecule has 3 rings (SSSR count). The fourth-order valence-corrected chi connectivity index (χ4v) is 2.48. The molecule has 1 aliphatic heterocycles. The summed E-state index contributed by atoms with van der Waals surface area (Å²) < 4.78 is 5.95. The molecule has 0 saturated carbocycles. The molecule has 4 nitrogen and oxygen atoms in total. The summed E-state index contributed by atoms with van der Waals surface area (Å²) in [5, 5.41) is 9.47. The maximum absolute atomic E-state index is 9.47. The van der Waals surface area contributed by atoms with Gasteiger partial charge in [-0.3, -0.25) is 4.98 Å². The van der Waals surface area contributed by atoms with Crippen molar-refractivity contribution in [2.75, 3.05) is 18.0 Å². The van der Waals surface area contributed by atoms with Crippen molar-refractivity contribution in [3.8, 4) is 5.75 Å². The number of hydrogen-bond donors (Lipinski definition) is 1. The Hall–Kier alpha value is -2.07. The van der Waals surface area contributed by atoms with Crippen molar-refractivity contribution in [1.29, 1.82) is 0 Å². The second-order valence-corrected chi connectivity index (χ2v) is 5.05. The number of benzene rings is 1. The van der Waals surface area contributed by atoms with E-state index in [9.17, 15) is 5.11 Å². The van der Waals surface area contributed by atoms with Crippen LogP contribution in [0.3, 0.4) is 0 Å². The summed E-state index contributed by atoms with van der Waals surface area (Å²) in [6.07, 6.45) is 4.46. The molecule has 1 fully saturated rings. The lowest BCUT2D eigenvalue weighted by Crippen LogP contribution is -2.22. The quantitative estimate of drug-likeness (QED) is 0.927. The summed E-state index contributed by atoms with van der Waals surface area (Å²) in [4.78, 5) is 6.21. The van der Waals surface area contributed by atoms with E-state index in [0.29, 0.717) is 6.61 Å². The van der Waals surface area contributed by atoms with Crippen molar-refractivity contribution in [2.24, 2.45) is 0 Å². The number of pyridine rings is 1. The largest absolute Gasteiger partial charge is 0.506 e. The van der Waals surface area contributed by atoms with Gasteiger partial charge in [-0.2, -0.15) is 0 Å². The Bertz CT molecular complexity index is 559. The first-order valence-electron chi connectivity index (χ1n) is 6.86. The normalized spacial score (nSPS) is 18.4. The predicted molar refractivity (Wildman–Crippen MR) is 77.8 cm³/mol. The summed E-state index contributed by atoms with van der Waals surface area (Å²) >= 11 is 0. The fraction of sp³-hybridized carbons (Fsp3) is 0.312. The van der Waals surface area contributed by atoms with Crippen LogP contribution in [0, 0.1) is 0 Å².